The van der Waals surface area contributed by atoms with E-state index < -0.39 is 11.8 Å². The smallest absolute Gasteiger partial charge is 0.287 e. The van der Waals surface area contributed by atoms with Crippen LogP contribution >= 0.6 is 0 Å². The summed E-state index contributed by atoms with van der Waals surface area (Å²) < 4.78 is 16.0. The van der Waals surface area contributed by atoms with Gasteiger partial charge in [-0.3, -0.25) is 9.59 Å². The number of carbonyl (C=O) groups excluding carboxylic acids is 2. The molecule has 3 N–H and O–H groups in total. The summed E-state index contributed by atoms with van der Waals surface area (Å²) in [5.74, 6) is 0.207. The van der Waals surface area contributed by atoms with Crippen LogP contribution in [-0.2, 0) is 4.79 Å². The zero-order chi connectivity index (χ0) is 25.9. The summed E-state index contributed by atoms with van der Waals surface area (Å²) in [5.41, 5.74) is 3.88. The van der Waals surface area contributed by atoms with E-state index in [-0.39, 0.29) is 11.4 Å². The van der Waals surface area contributed by atoms with Crippen LogP contribution in [0.25, 0.3) is 6.08 Å². The number of phenols is 1. The van der Waals surface area contributed by atoms with Gasteiger partial charge < -0.3 is 24.6 Å². The molecule has 0 heterocycles. The molecule has 0 unspecified atom stereocenters. The lowest BCUT2D eigenvalue weighted by molar-refractivity contribution is -0.117. The van der Waals surface area contributed by atoms with E-state index in [4.69, 9.17) is 14.2 Å². The second-order valence-electron chi connectivity index (χ2n) is 7.35. The van der Waals surface area contributed by atoms with Gasteiger partial charge in [-0.15, -0.1) is 0 Å². The summed E-state index contributed by atoms with van der Waals surface area (Å²) in [7, 11) is 3.03. The Morgan fingerprint density at radius 2 is 1.75 bits per heavy atom. The van der Waals surface area contributed by atoms with Gasteiger partial charge in [-0.25, -0.2) is 5.43 Å². The Morgan fingerprint density at radius 1 is 0.972 bits per heavy atom. The standard InChI is InChI=1S/C27H27N3O6/c1-4-36-25-14-18(10-13-23(25)31)17-28-30-27(33)22(29-26(32)19-8-6-5-7-9-19)15-20-11-12-21(34-2)16-24(20)35-3/h5-17,31H,4H2,1-3H3,(H,29,32)(H,30,33)/b22-15+,28-17-. The van der Waals surface area contributed by atoms with Crippen molar-refractivity contribution in [2.24, 2.45) is 5.10 Å². The number of nitrogens with one attached hydrogen (secondary N) is 2. The monoisotopic (exact) mass is 489 g/mol. The van der Waals surface area contributed by atoms with Crippen molar-refractivity contribution in [3.63, 3.8) is 0 Å². The van der Waals surface area contributed by atoms with Gasteiger partial charge in [0.05, 0.1) is 27.0 Å². The van der Waals surface area contributed by atoms with E-state index in [1.54, 1.807) is 67.6 Å². The summed E-state index contributed by atoms with van der Waals surface area (Å²) in [5, 5.41) is 16.5. The lowest BCUT2D eigenvalue weighted by Gasteiger charge is -2.12. The van der Waals surface area contributed by atoms with E-state index in [1.165, 1.54) is 32.6 Å². The number of amides is 2. The molecule has 0 aromatic heterocycles. The third-order valence-corrected chi connectivity index (χ3v) is 4.93. The van der Waals surface area contributed by atoms with Crippen molar-refractivity contribution in [1.82, 2.24) is 10.7 Å². The Hall–Kier alpha value is -4.79. The van der Waals surface area contributed by atoms with Crippen molar-refractivity contribution < 1.29 is 28.9 Å². The minimum atomic E-state index is -0.655. The number of hydrogen-bond donors (Lipinski definition) is 3. The topological polar surface area (TPSA) is 118 Å². The molecule has 0 aliphatic heterocycles. The number of methoxy groups -OCH3 is 2. The van der Waals surface area contributed by atoms with Gasteiger partial charge in [-0.2, -0.15) is 5.10 Å². The number of nitrogens with zero attached hydrogens (tertiary/aromatic N) is 1. The van der Waals surface area contributed by atoms with E-state index in [0.29, 0.717) is 40.5 Å². The van der Waals surface area contributed by atoms with E-state index in [9.17, 15) is 14.7 Å². The van der Waals surface area contributed by atoms with Crippen LogP contribution in [0, 0.1) is 0 Å². The third kappa shape index (κ3) is 6.86. The summed E-state index contributed by atoms with van der Waals surface area (Å²) in [6, 6.07) is 18.3. The van der Waals surface area contributed by atoms with Crippen LogP contribution in [0.5, 0.6) is 23.0 Å². The number of carbonyl (C=O) groups is 2. The lowest BCUT2D eigenvalue weighted by atomic mass is 10.1. The molecule has 9 heteroatoms. The zero-order valence-electron chi connectivity index (χ0n) is 20.1. The largest absolute Gasteiger partial charge is 0.504 e. The molecule has 0 fully saturated rings. The van der Waals surface area contributed by atoms with Crippen LogP contribution < -0.4 is 25.0 Å². The summed E-state index contributed by atoms with van der Waals surface area (Å²) in [6.07, 6.45) is 2.88. The van der Waals surface area contributed by atoms with Crippen LogP contribution in [0.4, 0.5) is 0 Å². The number of hydrogen-bond acceptors (Lipinski definition) is 7. The molecule has 0 saturated carbocycles. The first-order valence-electron chi connectivity index (χ1n) is 11.0. The molecule has 0 aliphatic carbocycles. The van der Waals surface area contributed by atoms with Gasteiger partial charge in [0, 0.05) is 17.2 Å². The molecule has 3 aromatic rings. The molecule has 3 aromatic carbocycles. The summed E-state index contributed by atoms with van der Waals surface area (Å²) in [4.78, 5) is 25.8. The maximum Gasteiger partial charge on any atom is 0.287 e. The van der Waals surface area contributed by atoms with Crippen molar-refractivity contribution in [3.05, 3.63) is 89.1 Å². The number of aromatic hydroxyl groups is 1. The Morgan fingerprint density at radius 3 is 2.44 bits per heavy atom. The lowest BCUT2D eigenvalue weighted by Crippen LogP contribution is -2.32. The fourth-order valence-electron chi connectivity index (χ4n) is 3.14. The van der Waals surface area contributed by atoms with Gasteiger partial charge in [0.25, 0.3) is 11.8 Å². The summed E-state index contributed by atoms with van der Waals surface area (Å²) >= 11 is 0. The molecule has 0 spiro atoms. The van der Waals surface area contributed by atoms with Crippen molar-refractivity contribution in [2.45, 2.75) is 6.92 Å². The predicted molar refractivity (Wildman–Crippen MR) is 136 cm³/mol. The number of rotatable bonds is 10. The number of phenolic OH excluding ortho intramolecular Hbond substituents is 1. The van der Waals surface area contributed by atoms with Gasteiger partial charge in [-0.05, 0) is 61.0 Å². The number of benzene rings is 3. The number of hydrazone groups is 1. The van der Waals surface area contributed by atoms with Crippen LogP contribution in [-0.4, -0.2) is 44.0 Å². The molecular weight excluding hydrogens is 462 g/mol. The Balaban J connectivity index is 1.87. The van der Waals surface area contributed by atoms with E-state index in [1.807, 2.05) is 0 Å². The quantitative estimate of drug-likeness (QED) is 0.227. The first kappa shape index (κ1) is 25.8. The minimum Gasteiger partial charge on any atom is -0.504 e. The molecule has 3 rings (SSSR count). The van der Waals surface area contributed by atoms with Crippen LogP contribution in [0.2, 0.25) is 0 Å². The summed E-state index contributed by atoms with van der Waals surface area (Å²) in [6.45, 7) is 2.19. The molecular formula is C27H27N3O6. The minimum absolute atomic E-state index is 0.000295. The van der Waals surface area contributed by atoms with Gasteiger partial charge in [0.15, 0.2) is 11.5 Å². The molecule has 0 radical (unpaired) electrons. The fourth-order valence-corrected chi connectivity index (χ4v) is 3.14. The van der Waals surface area contributed by atoms with Gasteiger partial charge in [0.2, 0.25) is 0 Å². The maximum absolute atomic E-state index is 13.0. The average Bonchev–Trinajstić information content (AvgIpc) is 2.90. The van der Waals surface area contributed by atoms with Crippen LogP contribution in [0.1, 0.15) is 28.4 Å². The zero-order valence-corrected chi connectivity index (χ0v) is 20.1. The highest BCUT2D eigenvalue weighted by Crippen LogP contribution is 2.27. The van der Waals surface area contributed by atoms with Gasteiger partial charge in [-0.1, -0.05) is 18.2 Å². The fraction of sp³-hybridized carbons (Fsp3) is 0.148. The SMILES string of the molecule is CCOc1cc(/C=N\NC(=O)/C(=C\c2ccc(OC)cc2OC)NC(=O)c2ccccc2)ccc1O. The van der Waals surface area contributed by atoms with Crippen molar-refractivity contribution >= 4 is 24.1 Å². The van der Waals surface area contributed by atoms with E-state index >= 15 is 0 Å². The molecule has 186 valence electrons. The molecule has 36 heavy (non-hydrogen) atoms. The van der Waals surface area contributed by atoms with E-state index in [2.05, 4.69) is 15.8 Å². The highest BCUT2D eigenvalue weighted by molar-refractivity contribution is 6.05. The van der Waals surface area contributed by atoms with E-state index in [0.717, 1.165) is 0 Å². The van der Waals surface area contributed by atoms with Crippen LogP contribution in [0.15, 0.2) is 77.5 Å². The normalized spacial score (nSPS) is 11.1. The van der Waals surface area contributed by atoms with Crippen LogP contribution in [0.3, 0.4) is 0 Å². The highest BCUT2D eigenvalue weighted by Gasteiger charge is 2.16. The first-order chi connectivity index (χ1) is 17.4. The molecule has 9 nitrogen and oxygen atoms in total. The predicted octanol–water partition coefficient (Wildman–Crippen LogP) is 3.73. The molecule has 0 bridgehead atoms. The Bertz CT molecular complexity index is 1270. The average molecular weight is 490 g/mol. The second-order valence-corrected chi connectivity index (χ2v) is 7.35. The van der Waals surface area contributed by atoms with Crippen molar-refractivity contribution in [1.29, 1.82) is 0 Å². The third-order valence-electron chi connectivity index (χ3n) is 4.93. The first-order valence-corrected chi connectivity index (χ1v) is 11.0. The molecule has 0 atom stereocenters. The highest BCUT2D eigenvalue weighted by atomic mass is 16.5. The Labute approximate surface area is 209 Å². The molecule has 0 saturated heterocycles. The number of ether oxygens (including phenoxy) is 3. The van der Waals surface area contributed by atoms with Gasteiger partial charge in [0.1, 0.15) is 17.2 Å². The molecule has 2 amide bonds. The Kier molecular flexibility index (Phi) is 9.05. The van der Waals surface area contributed by atoms with Gasteiger partial charge >= 0.3 is 0 Å². The van der Waals surface area contributed by atoms with Crippen molar-refractivity contribution in [2.75, 3.05) is 20.8 Å². The maximum atomic E-state index is 13.0. The second kappa shape index (κ2) is 12.6. The van der Waals surface area contributed by atoms with Crippen molar-refractivity contribution in [3.8, 4) is 23.0 Å². The molecule has 0 aliphatic rings.